The average molecular weight is 308 g/mol. The number of rotatable bonds is 5. The number of hydrogen-bond donors (Lipinski definition) is 2. The molecule has 2 amide bonds. The second-order valence-corrected chi connectivity index (χ2v) is 5.18. The summed E-state index contributed by atoms with van der Waals surface area (Å²) < 4.78 is 5.64. The van der Waals surface area contributed by atoms with Gasteiger partial charge >= 0.3 is 0 Å². The maximum Gasteiger partial charge on any atom is 0.250 e. The van der Waals surface area contributed by atoms with Gasteiger partial charge in [0.05, 0.1) is 25.6 Å². The Labute approximate surface area is 127 Å². The van der Waals surface area contributed by atoms with Gasteiger partial charge in [0.15, 0.2) is 0 Å². The van der Waals surface area contributed by atoms with Crippen molar-refractivity contribution in [3.8, 4) is 0 Å². The number of H-pyrrole nitrogens is 1. The highest BCUT2D eigenvalue weighted by Crippen LogP contribution is 2.11. The molecule has 0 spiro atoms. The molecular formula is C14H20N4O4. The molecule has 0 bridgehead atoms. The van der Waals surface area contributed by atoms with Crippen LogP contribution in [0.1, 0.15) is 19.0 Å². The van der Waals surface area contributed by atoms with E-state index in [4.69, 9.17) is 4.74 Å². The summed E-state index contributed by atoms with van der Waals surface area (Å²) in [5.74, 6) is -0.337. The number of morpholine rings is 1. The van der Waals surface area contributed by atoms with Crippen molar-refractivity contribution in [1.29, 1.82) is 0 Å². The molecule has 0 aliphatic carbocycles. The van der Waals surface area contributed by atoms with E-state index in [1.54, 1.807) is 4.90 Å². The molecular weight excluding hydrogens is 288 g/mol. The summed E-state index contributed by atoms with van der Waals surface area (Å²) in [6, 6.07) is 1.46. The van der Waals surface area contributed by atoms with Crippen molar-refractivity contribution in [2.24, 2.45) is 0 Å². The molecule has 1 atom stereocenters. The summed E-state index contributed by atoms with van der Waals surface area (Å²) in [4.78, 5) is 42.2. The van der Waals surface area contributed by atoms with Crippen LogP contribution in [0.15, 0.2) is 17.2 Å². The Bertz CT molecular complexity index is 586. The quantitative estimate of drug-likeness (QED) is 0.731. The number of nitrogens with zero attached hydrogens (tertiary/aromatic N) is 2. The van der Waals surface area contributed by atoms with Crippen LogP contribution in [0.5, 0.6) is 0 Å². The lowest BCUT2D eigenvalue weighted by Gasteiger charge is -2.33. The zero-order valence-corrected chi connectivity index (χ0v) is 12.5. The molecule has 120 valence electrons. The highest BCUT2D eigenvalue weighted by molar-refractivity contribution is 5.83. The summed E-state index contributed by atoms with van der Waals surface area (Å²) in [6.45, 7) is 2.88. The Morgan fingerprint density at radius 2 is 2.36 bits per heavy atom. The lowest BCUT2D eigenvalue weighted by molar-refractivity contribution is -0.139. The smallest absolute Gasteiger partial charge is 0.250 e. The number of aryl methyl sites for hydroxylation is 1. The van der Waals surface area contributed by atoms with E-state index in [9.17, 15) is 14.4 Å². The Balaban J connectivity index is 1.81. The van der Waals surface area contributed by atoms with Crippen molar-refractivity contribution >= 4 is 11.8 Å². The van der Waals surface area contributed by atoms with E-state index < -0.39 is 0 Å². The molecule has 1 aliphatic rings. The van der Waals surface area contributed by atoms with Gasteiger partial charge in [0.25, 0.3) is 5.56 Å². The second-order valence-electron chi connectivity index (χ2n) is 5.18. The van der Waals surface area contributed by atoms with Gasteiger partial charge in [0.1, 0.15) is 0 Å². The minimum Gasteiger partial charge on any atom is -0.375 e. The molecule has 1 saturated heterocycles. The van der Waals surface area contributed by atoms with Crippen LogP contribution in [0.3, 0.4) is 0 Å². The van der Waals surface area contributed by atoms with Crippen LogP contribution < -0.4 is 10.9 Å². The van der Waals surface area contributed by atoms with Crippen LogP contribution in [-0.4, -0.2) is 59.0 Å². The first-order valence-electron chi connectivity index (χ1n) is 7.22. The second kappa shape index (κ2) is 7.69. The predicted molar refractivity (Wildman–Crippen MR) is 78.2 cm³/mol. The van der Waals surface area contributed by atoms with Crippen LogP contribution in [0.25, 0.3) is 0 Å². The van der Waals surface area contributed by atoms with Gasteiger partial charge in [-0.15, -0.1) is 0 Å². The molecule has 2 rings (SSSR count). The van der Waals surface area contributed by atoms with Crippen molar-refractivity contribution in [1.82, 2.24) is 20.2 Å². The average Bonchev–Trinajstić information content (AvgIpc) is 2.51. The van der Waals surface area contributed by atoms with E-state index in [0.717, 1.165) is 0 Å². The van der Waals surface area contributed by atoms with Crippen molar-refractivity contribution in [2.75, 3.05) is 26.2 Å². The number of amides is 2. The van der Waals surface area contributed by atoms with E-state index >= 15 is 0 Å². The van der Waals surface area contributed by atoms with Gasteiger partial charge in [-0.1, -0.05) is 0 Å². The summed E-state index contributed by atoms with van der Waals surface area (Å²) in [5.41, 5.74) is 0.524. The highest BCUT2D eigenvalue weighted by atomic mass is 16.5. The van der Waals surface area contributed by atoms with Gasteiger partial charge in [-0.05, 0) is 12.8 Å². The van der Waals surface area contributed by atoms with Crippen molar-refractivity contribution in [3.05, 3.63) is 28.4 Å². The van der Waals surface area contributed by atoms with Gasteiger partial charge in [0.2, 0.25) is 11.8 Å². The number of aromatic amines is 1. The van der Waals surface area contributed by atoms with Crippen LogP contribution in [0.4, 0.5) is 0 Å². The molecule has 2 N–H and O–H groups in total. The molecule has 1 unspecified atom stereocenters. The van der Waals surface area contributed by atoms with Crippen molar-refractivity contribution in [3.63, 3.8) is 0 Å². The van der Waals surface area contributed by atoms with Gasteiger partial charge in [-0.2, -0.15) is 0 Å². The molecule has 8 nitrogen and oxygen atoms in total. The van der Waals surface area contributed by atoms with Crippen molar-refractivity contribution in [2.45, 2.75) is 25.9 Å². The number of carbonyl (C=O) groups excluding carboxylic acids is 2. The molecule has 0 aromatic carbocycles. The Kier molecular flexibility index (Phi) is 5.65. The molecule has 1 aromatic rings. The molecule has 2 heterocycles. The Hall–Kier alpha value is -2.22. The van der Waals surface area contributed by atoms with E-state index in [0.29, 0.717) is 38.2 Å². The third-order valence-electron chi connectivity index (χ3n) is 3.44. The highest BCUT2D eigenvalue weighted by Gasteiger charge is 2.24. The SMILES string of the molecule is CC(=O)NCC(=O)N1CCOC(CCc2cc(=O)[nH]cn2)C1. The summed E-state index contributed by atoms with van der Waals surface area (Å²) in [5, 5.41) is 2.50. The monoisotopic (exact) mass is 308 g/mol. The largest absolute Gasteiger partial charge is 0.375 e. The molecule has 0 radical (unpaired) electrons. The standard InChI is InChI=1S/C14H20N4O4/c1-10(19)15-7-14(21)18-4-5-22-12(8-18)3-2-11-6-13(20)17-9-16-11/h6,9,12H,2-5,7-8H2,1H3,(H,15,19)(H,16,17,20). The topological polar surface area (TPSA) is 104 Å². The fourth-order valence-corrected chi connectivity index (χ4v) is 2.29. The number of carbonyl (C=O) groups is 2. The lowest BCUT2D eigenvalue weighted by Crippen LogP contribution is -2.49. The first kappa shape index (κ1) is 16.2. The van der Waals surface area contributed by atoms with Crippen LogP contribution >= 0.6 is 0 Å². The fourth-order valence-electron chi connectivity index (χ4n) is 2.29. The number of nitrogens with one attached hydrogen (secondary N) is 2. The van der Waals surface area contributed by atoms with E-state index in [1.807, 2.05) is 0 Å². The third kappa shape index (κ3) is 4.96. The van der Waals surface area contributed by atoms with E-state index in [1.165, 1.54) is 19.3 Å². The van der Waals surface area contributed by atoms with E-state index in [2.05, 4.69) is 15.3 Å². The molecule has 22 heavy (non-hydrogen) atoms. The lowest BCUT2D eigenvalue weighted by atomic mass is 10.1. The van der Waals surface area contributed by atoms with Crippen LogP contribution in [-0.2, 0) is 20.7 Å². The molecule has 0 saturated carbocycles. The minimum absolute atomic E-state index is 0.0116. The van der Waals surface area contributed by atoms with E-state index in [-0.39, 0.29) is 30.0 Å². The minimum atomic E-state index is -0.224. The molecule has 1 aromatic heterocycles. The maximum absolute atomic E-state index is 12.0. The Morgan fingerprint density at radius 3 is 3.09 bits per heavy atom. The zero-order valence-electron chi connectivity index (χ0n) is 12.5. The predicted octanol–water partition coefficient (Wildman–Crippen LogP) is -0.934. The molecule has 1 fully saturated rings. The third-order valence-corrected chi connectivity index (χ3v) is 3.44. The molecule has 1 aliphatic heterocycles. The molecule has 8 heteroatoms. The van der Waals surface area contributed by atoms with Crippen molar-refractivity contribution < 1.29 is 14.3 Å². The Morgan fingerprint density at radius 1 is 1.55 bits per heavy atom. The van der Waals surface area contributed by atoms with Gasteiger partial charge in [0, 0.05) is 31.8 Å². The zero-order chi connectivity index (χ0) is 15.9. The normalized spacial score (nSPS) is 18.0. The van der Waals surface area contributed by atoms with Gasteiger partial charge in [-0.25, -0.2) is 4.98 Å². The first-order chi connectivity index (χ1) is 10.5. The van der Waals surface area contributed by atoms with Crippen LogP contribution in [0.2, 0.25) is 0 Å². The first-order valence-corrected chi connectivity index (χ1v) is 7.22. The maximum atomic E-state index is 12.0. The number of hydrogen-bond acceptors (Lipinski definition) is 5. The summed E-state index contributed by atoms with van der Waals surface area (Å²) in [7, 11) is 0. The number of aromatic nitrogens is 2. The van der Waals surface area contributed by atoms with Gasteiger partial charge in [-0.3, -0.25) is 14.4 Å². The fraction of sp³-hybridized carbons (Fsp3) is 0.571. The summed E-state index contributed by atoms with van der Waals surface area (Å²) >= 11 is 0. The summed E-state index contributed by atoms with van der Waals surface area (Å²) in [6.07, 6.45) is 2.59. The number of ether oxygens (including phenoxy) is 1. The van der Waals surface area contributed by atoms with Crippen LogP contribution in [0, 0.1) is 0 Å². The van der Waals surface area contributed by atoms with Gasteiger partial charge < -0.3 is 19.9 Å².